The molecular weight excluding hydrogens is 278 g/mol. The van der Waals surface area contributed by atoms with E-state index < -0.39 is 5.97 Å². The predicted molar refractivity (Wildman–Crippen MR) is 73.0 cm³/mol. The van der Waals surface area contributed by atoms with Crippen molar-refractivity contribution in [2.45, 2.75) is 65.0 Å². The summed E-state index contributed by atoms with van der Waals surface area (Å²) in [6.07, 6.45) is 2.25. The van der Waals surface area contributed by atoms with Crippen LogP contribution in [0.2, 0.25) is 0 Å². The molecule has 0 spiro atoms. The highest BCUT2D eigenvalue weighted by Gasteiger charge is 2.35. The second-order valence-corrected chi connectivity index (χ2v) is 6.22. The van der Waals surface area contributed by atoms with Crippen molar-refractivity contribution in [1.29, 1.82) is 0 Å². The monoisotopic (exact) mass is 304 g/mol. The Hall–Kier alpha value is -1.57. The summed E-state index contributed by atoms with van der Waals surface area (Å²) in [7, 11) is 0. The molecule has 122 valence electrons. The quantitative estimate of drug-likeness (QED) is 0.339. The number of carbonyl (C=O) groups is 1. The van der Waals surface area contributed by atoms with E-state index in [0.29, 0.717) is 32.2 Å². The van der Waals surface area contributed by atoms with Gasteiger partial charge in [0.05, 0.1) is 18.0 Å². The van der Waals surface area contributed by atoms with Crippen LogP contribution in [0.25, 0.3) is 0 Å². The average molecular weight is 304 g/mol. The molecule has 1 aliphatic rings. The first kappa shape index (κ1) is 17.5. The first-order chi connectivity index (χ1) is 9.79. The second kappa shape index (κ2) is 7.44. The van der Waals surface area contributed by atoms with E-state index in [9.17, 15) is 4.79 Å². The molecular formula is C13H26N3O5+. The summed E-state index contributed by atoms with van der Waals surface area (Å²) in [6, 6.07) is 0. The first-order valence-corrected chi connectivity index (χ1v) is 7.28. The van der Waals surface area contributed by atoms with Crippen molar-refractivity contribution >= 4 is 5.97 Å². The zero-order valence-electron chi connectivity index (χ0n) is 13.2. The van der Waals surface area contributed by atoms with E-state index in [0.717, 1.165) is 4.97 Å². The number of carboxylic acid groups (broad SMARTS) is 1. The van der Waals surface area contributed by atoms with Gasteiger partial charge < -0.3 is 9.94 Å². The second-order valence-electron chi connectivity index (χ2n) is 6.22. The van der Waals surface area contributed by atoms with Gasteiger partial charge in [-0.05, 0) is 58.4 Å². The maximum absolute atomic E-state index is 10.9. The van der Waals surface area contributed by atoms with Crippen LogP contribution >= 0.6 is 0 Å². The lowest BCUT2D eigenvalue weighted by molar-refractivity contribution is -1.01. The van der Waals surface area contributed by atoms with Crippen LogP contribution in [0.5, 0.6) is 0 Å². The number of hydrazine groups is 1. The van der Waals surface area contributed by atoms with E-state index in [1.54, 1.807) is 5.01 Å². The van der Waals surface area contributed by atoms with Gasteiger partial charge in [0.1, 0.15) is 6.10 Å². The number of hydrogen-bond donors (Lipinski definition) is 2. The third-order valence-electron chi connectivity index (χ3n) is 3.64. The third-order valence-corrected chi connectivity index (χ3v) is 3.64. The summed E-state index contributed by atoms with van der Waals surface area (Å²) in [5.74, 6) is -1.05. The fraction of sp³-hybridized carbons (Fsp3) is 0.923. The van der Waals surface area contributed by atoms with Gasteiger partial charge >= 0.3 is 5.97 Å². The fourth-order valence-corrected chi connectivity index (χ4v) is 2.48. The molecule has 0 saturated heterocycles. The lowest BCUT2D eigenvalue weighted by atomic mass is 9.88. The molecule has 0 radical (unpaired) electrons. The topological polar surface area (TPSA) is 94.6 Å². The predicted octanol–water partition coefficient (Wildman–Crippen LogP) is 2.47. The van der Waals surface area contributed by atoms with Crippen molar-refractivity contribution in [2.75, 3.05) is 6.54 Å². The molecule has 8 heteroatoms. The van der Waals surface area contributed by atoms with Crippen LogP contribution in [-0.2, 0) is 14.6 Å². The normalized spacial score (nSPS) is 23.6. The Morgan fingerprint density at radius 3 is 2.29 bits per heavy atom. The maximum Gasteiger partial charge on any atom is 0.306 e. The number of nitrogens with zero attached hydrogens (tertiary/aromatic N) is 3. The number of aliphatic carboxylic acids is 1. The van der Waals surface area contributed by atoms with Gasteiger partial charge in [-0.25, -0.2) is 0 Å². The summed E-state index contributed by atoms with van der Waals surface area (Å²) in [5, 5.41) is 23.4. The molecule has 0 atom stereocenters. The molecule has 21 heavy (non-hydrogen) atoms. The smallest absolute Gasteiger partial charge is 0.306 e. The van der Waals surface area contributed by atoms with Gasteiger partial charge in [-0.3, -0.25) is 4.79 Å². The van der Waals surface area contributed by atoms with Gasteiger partial charge in [-0.15, -0.1) is 10.3 Å². The maximum atomic E-state index is 10.9. The molecule has 0 heterocycles. The van der Waals surface area contributed by atoms with Crippen molar-refractivity contribution in [3.63, 3.8) is 0 Å². The highest BCUT2D eigenvalue weighted by Crippen LogP contribution is 2.26. The molecule has 8 nitrogen and oxygen atoms in total. The zero-order chi connectivity index (χ0) is 16.0. The SMILES string of the molecule is CCN(/[N+](=N/O[C@H]1CC[C@H](C(=O)O)CC1)OO)C(C)(C)C. The van der Waals surface area contributed by atoms with Crippen molar-refractivity contribution < 1.29 is 30.0 Å². The molecule has 0 aromatic heterocycles. The molecule has 1 fully saturated rings. The van der Waals surface area contributed by atoms with E-state index in [-0.39, 0.29) is 17.6 Å². The Kier molecular flexibility index (Phi) is 6.19. The summed E-state index contributed by atoms with van der Waals surface area (Å²) < 4.78 is 0. The van der Waals surface area contributed by atoms with Gasteiger partial charge in [-0.1, -0.05) is 0 Å². The van der Waals surface area contributed by atoms with Crippen LogP contribution < -0.4 is 0 Å². The van der Waals surface area contributed by atoms with Crippen LogP contribution in [0.15, 0.2) is 5.28 Å². The fourth-order valence-electron chi connectivity index (χ4n) is 2.48. The van der Waals surface area contributed by atoms with Crippen molar-refractivity contribution in [3.05, 3.63) is 0 Å². The largest absolute Gasteiger partial charge is 0.481 e. The minimum absolute atomic E-state index is 0.156. The van der Waals surface area contributed by atoms with Gasteiger partial charge in [0.15, 0.2) is 0 Å². The molecule has 1 rings (SSSR count). The molecule has 0 aliphatic heterocycles. The Morgan fingerprint density at radius 2 is 1.90 bits per heavy atom. The molecule has 0 aromatic carbocycles. The highest BCUT2D eigenvalue weighted by molar-refractivity contribution is 5.69. The molecule has 1 saturated carbocycles. The molecule has 2 N–H and O–H groups in total. The number of hydrogen-bond acceptors (Lipinski definition) is 5. The van der Waals surface area contributed by atoms with Gasteiger partial charge in [0.25, 0.3) is 10.2 Å². The van der Waals surface area contributed by atoms with Gasteiger partial charge in [-0.2, -0.15) is 0 Å². The van der Waals surface area contributed by atoms with Crippen LogP contribution in [0.1, 0.15) is 53.4 Å². The van der Waals surface area contributed by atoms with E-state index in [1.807, 2.05) is 27.7 Å². The van der Waals surface area contributed by atoms with E-state index >= 15 is 0 Å². The number of carboxylic acids is 1. The summed E-state index contributed by atoms with van der Waals surface area (Å²) in [5.41, 5.74) is -0.300. The van der Waals surface area contributed by atoms with E-state index in [4.69, 9.17) is 15.2 Å². The lowest BCUT2D eigenvalue weighted by Crippen LogP contribution is -2.47. The zero-order valence-corrected chi connectivity index (χ0v) is 13.2. The van der Waals surface area contributed by atoms with Crippen molar-refractivity contribution in [1.82, 2.24) is 5.01 Å². The molecule has 0 aromatic rings. The molecule has 0 bridgehead atoms. The summed E-state index contributed by atoms with van der Waals surface area (Å²) >= 11 is 0. The van der Waals surface area contributed by atoms with Crippen LogP contribution in [-0.4, -0.2) is 44.5 Å². The first-order valence-electron chi connectivity index (χ1n) is 7.28. The Morgan fingerprint density at radius 1 is 1.33 bits per heavy atom. The average Bonchev–Trinajstić information content (AvgIpc) is 2.42. The van der Waals surface area contributed by atoms with Crippen LogP contribution in [0, 0.1) is 5.92 Å². The molecule has 0 amide bonds. The standard InChI is InChI=1S/C13H25N3O5/c1-5-15(13(2,3)4)16(21-19)14-20-11-8-6-10(7-9-11)12(17)18/h10-11H,5-9H2,1-4H3,(H-,17,18,19)/p+1/b16-14-/t10-,11-. The molecule has 0 unspecified atom stereocenters. The van der Waals surface area contributed by atoms with Crippen LogP contribution in [0.4, 0.5) is 0 Å². The van der Waals surface area contributed by atoms with E-state index in [2.05, 4.69) is 10.3 Å². The summed E-state index contributed by atoms with van der Waals surface area (Å²) in [4.78, 5) is 21.4. The van der Waals surface area contributed by atoms with Crippen LogP contribution in [0.3, 0.4) is 0 Å². The Bertz CT molecular complexity index is 372. The highest BCUT2D eigenvalue weighted by atomic mass is 17.2. The lowest BCUT2D eigenvalue weighted by Gasteiger charge is -2.26. The number of rotatable bonds is 6. The Balaban J connectivity index is 2.59. The minimum atomic E-state index is -0.754. The van der Waals surface area contributed by atoms with Gasteiger partial charge in [0, 0.05) is 0 Å². The Labute approximate surface area is 124 Å². The third kappa shape index (κ3) is 5.04. The molecule has 1 aliphatic carbocycles. The summed E-state index contributed by atoms with van der Waals surface area (Å²) in [6.45, 7) is 8.34. The van der Waals surface area contributed by atoms with Crippen molar-refractivity contribution in [2.24, 2.45) is 11.2 Å². The van der Waals surface area contributed by atoms with Gasteiger partial charge in [0.2, 0.25) is 0 Å². The van der Waals surface area contributed by atoms with Crippen molar-refractivity contribution in [3.8, 4) is 0 Å². The minimum Gasteiger partial charge on any atom is -0.481 e. The van der Waals surface area contributed by atoms with E-state index in [1.165, 1.54) is 0 Å².